The number of hydrogen-bond acceptors (Lipinski definition) is 9. The van der Waals surface area contributed by atoms with E-state index in [0.717, 1.165) is 11.3 Å². The average Bonchev–Trinajstić information content (AvgIpc) is 3.52. The fourth-order valence-corrected chi connectivity index (χ4v) is 8.20. The predicted molar refractivity (Wildman–Crippen MR) is 174 cm³/mol. The molecule has 4 aromatic rings. The van der Waals surface area contributed by atoms with Gasteiger partial charge in [-0.3, -0.25) is 19.2 Å². The number of amides is 3. The van der Waals surface area contributed by atoms with E-state index in [1.165, 1.54) is 29.8 Å². The van der Waals surface area contributed by atoms with Crippen LogP contribution in [0.25, 0.3) is 0 Å². The first kappa shape index (κ1) is 31.0. The molecule has 3 aromatic carbocycles. The molecule has 6 rings (SSSR count). The number of carbonyl (C=O) groups excluding carboxylic acids is 3. The molecule has 1 aromatic heterocycles. The standard InChI is InChI=1S/C31H25Cl2N3O7S2/c1-3-42-22-12-15(4-11-21(22)43-14-23(37)34-16-5-10-19(32)20(33)13-16)24-25-27(44-28-26(24)45-31(40)35-28)30(39)36(29(25)38)17-6-8-18(41-2)9-7-17/h4-13,24-25,27H,3,14H2,1-2H3,(H,34,37)(H,35,40). The van der Waals surface area contributed by atoms with Crippen LogP contribution in [0.3, 0.4) is 0 Å². The van der Waals surface area contributed by atoms with Crippen LogP contribution < -0.4 is 29.3 Å². The van der Waals surface area contributed by atoms with Gasteiger partial charge in [0.25, 0.3) is 5.91 Å². The van der Waals surface area contributed by atoms with Crippen LogP contribution in [0.1, 0.15) is 23.3 Å². The number of fused-ring (bicyclic) bond motifs is 2. The Kier molecular flexibility index (Phi) is 8.82. The first-order chi connectivity index (χ1) is 21.7. The molecule has 3 amide bonds. The van der Waals surface area contributed by atoms with E-state index >= 15 is 0 Å². The van der Waals surface area contributed by atoms with Crippen LogP contribution in [-0.4, -0.2) is 48.3 Å². The molecule has 3 heterocycles. The number of anilines is 2. The van der Waals surface area contributed by atoms with Crippen LogP contribution in [0.5, 0.6) is 17.2 Å². The Hall–Kier alpha value is -3.97. The smallest absolute Gasteiger partial charge is 0.305 e. The highest BCUT2D eigenvalue weighted by molar-refractivity contribution is 8.00. The zero-order chi connectivity index (χ0) is 31.8. The third kappa shape index (κ3) is 6.02. The molecule has 2 aliphatic rings. The number of imide groups is 1. The molecule has 232 valence electrons. The number of methoxy groups -OCH3 is 1. The molecule has 0 bridgehead atoms. The van der Waals surface area contributed by atoms with Crippen molar-refractivity contribution in [1.29, 1.82) is 0 Å². The van der Waals surface area contributed by atoms with Crippen molar-refractivity contribution < 1.29 is 28.6 Å². The third-order valence-corrected chi connectivity index (χ3v) is 10.5. The lowest BCUT2D eigenvalue weighted by atomic mass is 9.83. The largest absolute Gasteiger partial charge is 0.497 e. The minimum absolute atomic E-state index is 0.276. The van der Waals surface area contributed by atoms with Gasteiger partial charge in [0, 0.05) is 16.5 Å². The number of carbonyl (C=O) groups is 3. The Labute approximate surface area is 275 Å². The van der Waals surface area contributed by atoms with Gasteiger partial charge in [0.05, 0.1) is 40.4 Å². The molecule has 0 saturated carbocycles. The van der Waals surface area contributed by atoms with Crippen molar-refractivity contribution >= 4 is 75.4 Å². The normalized spacial score (nSPS) is 18.8. The topological polar surface area (TPSA) is 127 Å². The Balaban J connectivity index is 1.30. The summed E-state index contributed by atoms with van der Waals surface area (Å²) in [7, 11) is 1.54. The maximum atomic E-state index is 14.0. The van der Waals surface area contributed by atoms with E-state index in [9.17, 15) is 19.2 Å². The second-order valence-corrected chi connectivity index (χ2v) is 13.0. The molecule has 1 saturated heterocycles. The van der Waals surface area contributed by atoms with Gasteiger partial charge >= 0.3 is 4.87 Å². The summed E-state index contributed by atoms with van der Waals surface area (Å²) in [4.78, 5) is 57.2. The molecule has 45 heavy (non-hydrogen) atoms. The van der Waals surface area contributed by atoms with Crippen LogP contribution in [0.4, 0.5) is 11.4 Å². The molecule has 1 fully saturated rings. The van der Waals surface area contributed by atoms with Crippen LogP contribution >= 0.6 is 46.3 Å². The number of ether oxygens (including phenoxy) is 3. The lowest BCUT2D eigenvalue weighted by Crippen LogP contribution is -2.32. The molecule has 2 N–H and O–H groups in total. The van der Waals surface area contributed by atoms with E-state index < -0.39 is 23.0 Å². The summed E-state index contributed by atoms with van der Waals surface area (Å²) >= 11 is 14.2. The van der Waals surface area contributed by atoms with Gasteiger partial charge in [0.1, 0.15) is 11.0 Å². The van der Waals surface area contributed by atoms with Gasteiger partial charge in [0.15, 0.2) is 18.1 Å². The molecule has 3 unspecified atom stereocenters. The van der Waals surface area contributed by atoms with Crippen molar-refractivity contribution in [2.24, 2.45) is 5.92 Å². The molecule has 0 radical (unpaired) electrons. The van der Waals surface area contributed by atoms with Crippen molar-refractivity contribution in [3.05, 3.63) is 90.8 Å². The first-order valence-electron chi connectivity index (χ1n) is 13.7. The van der Waals surface area contributed by atoms with E-state index in [1.54, 1.807) is 54.6 Å². The number of nitrogens with zero attached hydrogens (tertiary/aromatic N) is 1. The number of halogens is 2. The molecule has 10 nitrogen and oxygen atoms in total. The van der Waals surface area contributed by atoms with E-state index in [-0.39, 0.29) is 23.3 Å². The van der Waals surface area contributed by atoms with Crippen molar-refractivity contribution in [2.45, 2.75) is 23.1 Å². The summed E-state index contributed by atoms with van der Waals surface area (Å²) in [6.45, 7) is 1.79. The van der Waals surface area contributed by atoms with E-state index in [4.69, 9.17) is 37.4 Å². The molecule has 14 heteroatoms. The van der Waals surface area contributed by atoms with Gasteiger partial charge in [-0.1, -0.05) is 52.4 Å². The monoisotopic (exact) mass is 685 g/mol. The Morgan fingerprint density at radius 3 is 2.44 bits per heavy atom. The summed E-state index contributed by atoms with van der Waals surface area (Å²) in [5, 5.41) is 3.18. The Morgan fingerprint density at radius 1 is 0.956 bits per heavy atom. The van der Waals surface area contributed by atoms with Crippen LogP contribution in [-0.2, 0) is 14.4 Å². The van der Waals surface area contributed by atoms with Crippen LogP contribution in [0, 0.1) is 5.92 Å². The summed E-state index contributed by atoms with van der Waals surface area (Å²) < 4.78 is 16.9. The van der Waals surface area contributed by atoms with Crippen LogP contribution in [0.15, 0.2) is 70.5 Å². The molecular formula is C31H25Cl2N3O7S2. The average molecular weight is 687 g/mol. The number of rotatable bonds is 9. The van der Waals surface area contributed by atoms with Gasteiger partial charge in [-0.15, -0.1) is 0 Å². The van der Waals surface area contributed by atoms with Gasteiger partial charge in [-0.2, -0.15) is 0 Å². The zero-order valence-corrected chi connectivity index (χ0v) is 26.9. The molecule has 0 aliphatic carbocycles. The van der Waals surface area contributed by atoms with E-state index in [1.807, 2.05) is 6.92 Å². The lowest BCUT2D eigenvalue weighted by Gasteiger charge is -2.30. The van der Waals surface area contributed by atoms with Crippen molar-refractivity contribution in [3.8, 4) is 17.2 Å². The minimum atomic E-state index is -0.776. The minimum Gasteiger partial charge on any atom is -0.497 e. The molecule has 3 atom stereocenters. The number of aromatic amines is 1. The predicted octanol–water partition coefficient (Wildman–Crippen LogP) is 5.96. The number of aromatic nitrogens is 1. The fraction of sp³-hybridized carbons (Fsp3) is 0.226. The second kappa shape index (κ2) is 12.8. The zero-order valence-electron chi connectivity index (χ0n) is 23.8. The number of benzene rings is 3. The number of H-pyrrole nitrogens is 1. The van der Waals surface area contributed by atoms with Gasteiger partial charge in [-0.05, 0) is 67.1 Å². The number of nitrogens with one attached hydrogen (secondary N) is 2. The highest BCUT2D eigenvalue weighted by Gasteiger charge is 2.56. The lowest BCUT2D eigenvalue weighted by molar-refractivity contribution is -0.122. The Bertz CT molecular complexity index is 1860. The van der Waals surface area contributed by atoms with Crippen LogP contribution in [0.2, 0.25) is 10.0 Å². The van der Waals surface area contributed by atoms with Gasteiger partial charge in [0.2, 0.25) is 11.8 Å². The highest BCUT2D eigenvalue weighted by atomic mass is 35.5. The maximum absolute atomic E-state index is 14.0. The summed E-state index contributed by atoms with van der Waals surface area (Å²) in [5.41, 5.74) is 1.56. The van der Waals surface area contributed by atoms with Crippen molar-refractivity contribution in [1.82, 2.24) is 4.98 Å². The van der Waals surface area contributed by atoms with Crippen molar-refractivity contribution in [3.63, 3.8) is 0 Å². The number of thioether (sulfide) groups is 1. The van der Waals surface area contributed by atoms with E-state index in [2.05, 4.69) is 10.3 Å². The van der Waals surface area contributed by atoms with Crippen molar-refractivity contribution in [2.75, 3.05) is 30.5 Å². The summed E-state index contributed by atoms with van der Waals surface area (Å²) in [6, 6.07) is 16.6. The van der Waals surface area contributed by atoms with Gasteiger partial charge < -0.3 is 24.5 Å². The SMILES string of the molecule is CCOc1cc(C2c3sc(=O)[nH]c3SC3C(=O)N(c4ccc(OC)cc4)C(=O)C32)ccc1OCC(=O)Nc1ccc(Cl)c(Cl)c1. The second-order valence-electron chi connectivity index (χ2n) is 10.1. The van der Waals surface area contributed by atoms with Gasteiger partial charge in [-0.25, -0.2) is 4.90 Å². The number of thiazole rings is 1. The molecular weight excluding hydrogens is 661 g/mol. The highest BCUT2D eigenvalue weighted by Crippen LogP contribution is 2.54. The Morgan fingerprint density at radius 2 is 1.73 bits per heavy atom. The molecule has 0 spiro atoms. The maximum Gasteiger partial charge on any atom is 0.305 e. The summed E-state index contributed by atoms with van der Waals surface area (Å²) in [6.07, 6.45) is 0. The first-order valence-corrected chi connectivity index (χ1v) is 16.2. The quantitative estimate of drug-likeness (QED) is 0.207. The third-order valence-electron chi connectivity index (χ3n) is 7.34. The van der Waals surface area contributed by atoms with E-state index in [0.29, 0.717) is 60.7 Å². The fourth-order valence-electron chi connectivity index (χ4n) is 5.38. The summed E-state index contributed by atoms with van der Waals surface area (Å²) in [5.74, 6) is -1.29. The number of hydrogen-bond donors (Lipinski definition) is 2. The molecule has 2 aliphatic heterocycles.